The van der Waals surface area contributed by atoms with E-state index in [9.17, 15) is 18.0 Å². The molecule has 0 aliphatic heterocycles. The standard InChI is InChI=1S/C26H25Cl4N3O4S/c1-16-7-10-19(11-8-16)38(36,37)33(18-9-12-23(29)24(30)13-18)15-25(34)32(17(2)26(35)31-3)14-20-21(27)5-4-6-22(20)28/h4-13,17H,14-15H2,1-3H3,(H,31,35). The summed E-state index contributed by atoms with van der Waals surface area (Å²) in [6, 6.07) is 14.4. The molecule has 0 saturated carbocycles. The molecule has 38 heavy (non-hydrogen) atoms. The van der Waals surface area contributed by atoms with Gasteiger partial charge in [0.05, 0.1) is 20.6 Å². The lowest BCUT2D eigenvalue weighted by Gasteiger charge is -2.32. The SMILES string of the molecule is CNC(=O)C(C)N(Cc1c(Cl)cccc1Cl)C(=O)CN(c1ccc(Cl)c(Cl)c1)S(=O)(=O)c1ccc(C)cc1. The monoisotopic (exact) mass is 615 g/mol. The summed E-state index contributed by atoms with van der Waals surface area (Å²) in [6.07, 6.45) is 0. The molecule has 0 aliphatic rings. The van der Waals surface area contributed by atoms with Crippen molar-refractivity contribution < 1.29 is 18.0 Å². The lowest BCUT2D eigenvalue weighted by Crippen LogP contribution is -2.50. The molecule has 1 atom stereocenters. The van der Waals surface area contributed by atoms with Crippen molar-refractivity contribution in [3.63, 3.8) is 0 Å². The van der Waals surface area contributed by atoms with Gasteiger partial charge in [-0.15, -0.1) is 0 Å². The second kappa shape index (κ2) is 12.6. The van der Waals surface area contributed by atoms with E-state index in [4.69, 9.17) is 46.4 Å². The fourth-order valence-electron chi connectivity index (χ4n) is 3.65. The number of halogens is 4. The van der Waals surface area contributed by atoms with Gasteiger partial charge in [-0.3, -0.25) is 13.9 Å². The van der Waals surface area contributed by atoms with Gasteiger partial charge in [0, 0.05) is 29.2 Å². The smallest absolute Gasteiger partial charge is 0.264 e. The maximum absolute atomic E-state index is 13.8. The van der Waals surface area contributed by atoms with Crippen molar-refractivity contribution in [3.8, 4) is 0 Å². The number of benzene rings is 3. The average molecular weight is 617 g/mol. The molecule has 3 aromatic rings. The molecule has 0 heterocycles. The largest absolute Gasteiger partial charge is 0.357 e. The number of amides is 2. The Morgan fingerprint density at radius 3 is 2.05 bits per heavy atom. The minimum atomic E-state index is -4.24. The first-order chi connectivity index (χ1) is 17.9. The highest BCUT2D eigenvalue weighted by molar-refractivity contribution is 7.92. The van der Waals surface area contributed by atoms with Gasteiger partial charge in [-0.25, -0.2) is 8.42 Å². The van der Waals surface area contributed by atoms with Crippen molar-refractivity contribution in [1.29, 1.82) is 0 Å². The van der Waals surface area contributed by atoms with Gasteiger partial charge in [-0.05, 0) is 56.3 Å². The Hall–Kier alpha value is -2.49. The number of anilines is 1. The van der Waals surface area contributed by atoms with Crippen LogP contribution in [0, 0.1) is 6.92 Å². The van der Waals surface area contributed by atoms with Crippen molar-refractivity contribution in [1.82, 2.24) is 10.2 Å². The number of aryl methyl sites for hydroxylation is 1. The van der Waals surface area contributed by atoms with E-state index in [-0.39, 0.29) is 27.2 Å². The van der Waals surface area contributed by atoms with Crippen LogP contribution in [0.1, 0.15) is 18.1 Å². The van der Waals surface area contributed by atoms with Gasteiger partial charge >= 0.3 is 0 Å². The summed E-state index contributed by atoms with van der Waals surface area (Å²) in [6.45, 7) is 2.58. The van der Waals surface area contributed by atoms with Crippen molar-refractivity contribution in [2.24, 2.45) is 0 Å². The Balaban J connectivity index is 2.09. The molecule has 3 rings (SSSR count). The summed E-state index contributed by atoms with van der Waals surface area (Å²) in [5, 5.41) is 3.44. The van der Waals surface area contributed by atoms with Crippen LogP contribution in [0.2, 0.25) is 20.1 Å². The van der Waals surface area contributed by atoms with E-state index >= 15 is 0 Å². The highest BCUT2D eigenvalue weighted by Gasteiger charge is 2.33. The molecule has 0 aromatic heterocycles. The molecule has 202 valence electrons. The Bertz CT molecular complexity index is 1430. The molecular weight excluding hydrogens is 592 g/mol. The van der Waals surface area contributed by atoms with Crippen LogP contribution in [0.15, 0.2) is 65.6 Å². The zero-order valence-corrected chi connectivity index (χ0v) is 24.6. The molecule has 1 N–H and O–H groups in total. The molecule has 2 amide bonds. The molecule has 12 heteroatoms. The summed E-state index contributed by atoms with van der Waals surface area (Å²) >= 11 is 24.9. The van der Waals surface area contributed by atoms with E-state index < -0.39 is 34.4 Å². The van der Waals surface area contributed by atoms with Gasteiger partial charge < -0.3 is 10.2 Å². The van der Waals surface area contributed by atoms with Crippen LogP contribution in [0.4, 0.5) is 5.69 Å². The molecule has 0 fully saturated rings. The third kappa shape index (κ3) is 6.74. The zero-order valence-electron chi connectivity index (χ0n) is 20.7. The van der Waals surface area contributed by atoms with Gasteiger partial charge in [0.15, 0.2) is 0 Å². The molecular formula is C26H25Cl4N3O4S. The van der Waals surface area contributed by atoms with Gasteiger partial charge in [-0.1, -0.05) is 70.2 Å². The number of carbonyl (C=O) groups is 2. The van der Waals surface area contributed by atoms with Crippen LogP contribution in [0.25, 0.3) is 0 Å². The first kappa shape index (κ1) is 30.1. The van der Waals surface area contributed by atoms with Crippen LogP contribution in [-0.4, -0.2) is 44.8 Å². The maximum atomic E-state index is 13.8. The van der Waals surface area contributed by atoms with Crippen molar-refractivity contribution in [2.75, 3.05) is 17.9 Å². The molecule has 0 aliphatic carbocycles. The van der Waals surface area contributed by atoms with E-state index in [0.29, 0.717) is 15.6 Å². The van der Waals surface area contributed by atoms with E-state index in [2.05, 4.69) is 5.32 Å². The van der Waals surface area contributed by atoms with E-state index in [1.54, 1.807) is 30.3 Å². The molecule has 0 radical (unpaired) electrons. The quantitative estimate of drug-likeness (QED) is 0.321. The highest BCUT2D eigenvalue weighted by atomic mass is 35.5. The van der Waals surface area contributed by atoms with Gasteiger partial charge in [-0.2, -0.15) is 0 Å². The Kier molecular flexibility index (Phi) is 9.95. The first-order valence-electron chi connectivity index (χ1n) is 11.3. The molecule has 1 unspecified atom stereocenters. The molecule has 0 spiro atoms. The predicted molar refractivity (Wildman–Crippen MR) is 153 cm³/mol. The first-order valence-corrected chi connectivity index (χ1v) is 14.3. The Labute approximate surface area is 242 Å². The fourth-order valence-corrected chi connectivity index (χ4v) is 5.87. The van der Waals surface area contributed by atoms with Crippen LogP contribution in [-0.2, 0) is 26.2 Å². The van der Waals surface area contributed by atoms with Crippen molar-refractivity contribution >= 4 is 73.9 Å². The number of carbonyl (C=O) groups excluding carboxylic acids is 2. The number of nitrogens with one attached hydrogen (secondary N) is 1. The number of rotatable bonds is 9. The van der Waals surface area contributed by atoms with E-state index in [0.717, 1.165) is 9.87 Å². The minimum Gasteiger partial charge on any atom is -0.357 e. The predicted octanol–water partition coefficient (Wildman–Crippen LogP) is 5.97. The zero-order chi connectivity index (χ0) is 28.2. The van der Waals surface area contributed by atoms with Crippen LogP contribution in [0.3, 0.4) is 0 Å². The van der Waals surface area contributed by atoms with Crippen LogP contribution < -0.4 is 9.62 Å². The third-order valence-electron chi connectivity index (χ3n) is 5.88. The second-order valence-electron chi connectivity index (χ2n) is 8.44. The molecule has 0 saturated heterocycles. The summed E-state index contributed by atoms with van der Waals surface area (Å²) in [5.74, 6) is -1.12. The summed E-state index contributed by atoms with van der Waals surface area (Å²) in [5.41, 5.74) is 1.40. The lowest BCUT2D eigenvalue weighted by molar-refractivity contribution is -0.139. The summed E-state index contributed by atoms with van der Waals surface area (Å²) in [4.78, 5) is 27.6. The normalized spacial score (nSPS) is 12.1. The number of hydrogen-bond donors (Lipinski definition) is 1. The van der Waals surface area contributed by atoms with Crippen LogP contribution in [0.5, 0.6) is 0 Å². The van der Waals surface area contributed by atoms with E-state index in [1.165, 1.54) is 49.2 Å². The van der Waals surface area contributed by atoms with Crippen molar-refractivity contribution in [2.45, 2.75) is 31.3 Å². The summed E-state index contributed by atoms with van der Waals surface area (Å²) in [7, 11) is -2.80. The molecule has 3 aromatic carbocycles. The third-order valence-corrected chi connectivity index (χ3v) is 9.12. The average Bonchev–Trinajstić information content (AvgIpc) is 2.88. The number of sulfonamides is 1. The molecule has 0 bridgehead atoms. The van der Waals surface area contributed by atoms with Gasteiger partial charge in [0.1, 0.15) is 12.6 Å². The topological polar surface area (TPSA) is 86.8 Å². The number of nitrogens with zero attached hydrogens (tertiary/aromatic N) is 2. The maximum Gasteiger partial charge on any atom is 0.264 e. The lowest BCUT2D eigenvalue weighted by atomic mass is 10.1. The Morgan fingerprint density at radius 1 is 0.895 bits per heavy atom. The van der Waals surface area contributed by atoms with E-state index in [1.807, 2.05) is 6.92 Å². The molecule has 7 nitrogen and oxygen atoms in total. The Morgan fingerprint density at radius 2 is 1.50 bits per heavy atom. The number of hydrogen-bond acceptors (Lipinski definition) is 4. The number of likely N-dealkylation sites (N-methyl/N-ethyl adjacent to an activating group) is 1. The minimum absolute atomic E-state index is 0.0259. The van der Waals surface area contributed by atoms with Gasteiger partial charge in [0.2, 0.25) is 11.8 Å². The summed E-state index contributed by atoms with van der Waals surface area (Å²) < 4.78 is 28.5. The van der Waals surface area contributed by atoms with Crippen LogP contribution >= 0.6 is 46.4 Å². The fraction of sp³-hybridized carbons (Fsp3) is 0.231. The highest BCUT2D eigenvalue weighted by Crippen LogP contribution is 2.31. The van der Waals surface area contributed by atoms with Crippen molar-refractivity contribution in [3.05, 3.63) is 91.9 Å². The second-order valence-corrected chi connectivity index (χ2v) is 11.9. The van der Waals surface area contributed by atoms with Gasteiger partial charge in [0.25, 0.3) is 10.0 Å².